The Morgan fingerprint density at radius 3 is 3.03 bits per heavy atom. The van der Waals surface area contributed by atoms with Crippen molar-refractivity contribution in [3.05, 3.63) is 53.6 Å². The number of cyclic esters (lactones) is 1. The summed E-state index contributed by atoms with van der Waals surface area (Å²) < 4.78 is 21.7. The monoisotopic (exact) mass is 415 g/mol. The zero-order valence-electron chi connectivity index (χ0n) is 15.5. The van der Waals surface area contributed by atoms with Crippen molar-refractivity contribution in [3.8, 4) is 10.6 Å². The van der Waals surface area contributed by atoms with Gasteiger partial charge in [0, 0.05) is 30.3 Å². The molecule has 0 spiro atoms. The first-order chi connectivity index (χ1) is 14.0. The number of hydrogen-bond donors (Lipinski definition) is 1. The molecule has 0 saturated carbocycles. The Morgan fingerprint density at radius 2 is 2.31 bits per heavy atom. The van der Waals surface area contributed by atoms with E-state index in [0.29, 0.717) is 22.8 Å². The van der Waals surface area contributed by atoms with E-state index in [0.717, 1.165) is 5.69 Å². The Morgan fingerprint density at radius 1 is 1.45 bits per heavy atom. The number of carbonyl (C=O) groups is 2. The Labute approximate surface area is 169 Å². The van der Waals surface area contributed by atoms with Gasteiger partial charge in [0.15, 0.2) is 0 Å². The van der Waals surface area contributed by atoms with Crippen LogP contribution in [0.15, 0.2) is 42.0 Å². The Bertz CT molecular complexity index is 1040. The molecule has 8 nitrogen and oxygen atoms in total. The summed E-state index contributed by atoms with van der Waals surface area (Å²) >= 11 is 1.35. The van der Waals surface area contributed by atoms with Crippen LogP contribution in [0.2, 0.25) is 0 Å². The van der Waals surface area contributed by atoms with Crippen LogP contribution in [-0.2, 0) is 16.1 Å². The predicted molar refractivity (Wildman–Crippen MR) is 105 cm³/mol. The molecule has 1 aromatic carbocycles. The maximum atomic E-state index is 14.8. The lowest BCUT2D eigenvalue weighted by molar-refractivity contribution is -0.119. The zero-order valence-corrected chi connectivity index (χ0v) is 16.4. The second-order valence-corrected chi connectivity index (χ2v) is 7.42. The summed E-state index contributed by atoms with van der Waals surface area (Å²) in [5.74, 6) is -0.675. The average Bonchev–Trinajstić information content (AvgIpc) is 3.42. The van der Waals surface area contributed by atoms with Gasteiger partial charge < -0.3 is 10.1 Å². The van der Waals surface area contributed by atoms with Gasteiger partial charge in [-0.15, -0.1) is 11.3 Å². The Hall–Kier alpha value is -3.27. The summed E-state index contributed by atoms with van der Waals surface area (Å²) in [7, 11) is 0. The lowest BCUT2D eigenvalue weighted by Gasteiger charge is -2.14. The number of halogens is 1. The highest BCUT2D eigenvalue weighted by Gasteiger charge is 2.32. The van der Waals surface area contributed by atoms with E-state index in [1.165, 1.54) is 29.2 Å². The van der Waals surface area contributed by atoms with Crippen LogP contribution in [0.4, 0.5) is 14.9 Å². The first kappa shape index (κ1) is 19.1. The molecule has 1 aliphatic heterocycles. The summed E-state index contributed by atoms with van der Waals surface area (Å²) in [6, 6.07) is 6.40. The van der Waals surface area contributed by atoms with Crippen molar-refractivity contribution in [2.75, 3.05) is 18.0 Å². The minimum atomic E-state index is -0.566. The second kappa shape index (κ2) is 8.00. The van der Waals surface area contributed by atoms with Crippen molar-refractivity contribution in [1.82, 2.24) is 20.1 Å². The van der Waals surface area contributed by atoms with Gasteiger partial charge in [-0.05, 0) is 24.3 Å². The van der Waals surface area contributed by atoms with Gasteiger partial charge in [-0.3, -0.25) is 14.4 Å². The normalized spacial score (nSPS) is 16.1. The molecule has 2 aromatic heterocycles. The molecule has 150 valence electrons. The lowest BCUT2D eigenvalue weighted by atomic mass is 10.2. The van der Waals surface area contributed by atoms with Crippen molar-refractivity contribution >= 4 is 29.0 Å². The number of anilines is 1. The highest BCUT2D eigenvalue weighted by atomic mass is 32.1. The number of benzene rings is 1. The fourth-order valence-electron chi connectivity index (χ4n) is 3.00. The molecule has 10 heteroatoms. The van der Waals surface area contributed by atoms with Crippen LogP contribution >= 0.6 is 11.3 Å². The summed E-state index contributed by atoms with van der Waals surface area (Å²) in [6.07, 6.45) is 2.49. The lowest BCUT2D eigenvalue weighted by Crippen LogP contribution is -2.33. The summed E-state index contributed by atoms with van der Waals surface area (Å²) in [5.41, 5.74) is 1.56. The Kier molecular flexibility index (Phi) is 5.26. The maximum Gasteiger partial charge on any atom is 0.414 e. The number of rotatable bonds is 6. The molecule has 1 fully saturated rings. The van der Waals surface area contributed by atoms with E-state index in [2.05, 4.69) is 15.4 Å². The van der Waals surface area contributed by atoms with E-state index in [9.17, 15) is 14.0 Å². The number of hydrogen-bond acceptors (Lipinski definition) is 6. The number of amides is 2. The molecule has 0 bridgehead atoms. The first-order valence-corrected chi connectivity index (χ1v) is 9.82. The van der Waals surface area contributed by atoms with Gasteiger partial charge in [-0.25, -0.2) is 14.2 Å². The predicted octanol–water partition coefficient (Wildman–Crippen LogP) is 2.66. The van der Waals surface area contributed by atoms with E-state index in [1.807, 2.05) is 17.6 Å². The third-order valence-corrected chi connectivity index (χ3v) is 5.31. The second-order valence-electron chi connectivity index (χ2n) is 6.57. The van der Waals surface area contributed by atoms with E-state index in [4.69, 9.17) is 4.74 Å². The van der Waals surface area contributed by atoms with Gasteiger partial charge in [0.2, 0.25) is 5.91 Å². The largest absolute Gasteiger partial charge is 0.442 e. The van der Waals surface area contributed by atoms with Crippen LogP contribution in [0.3, 0.4) is 0 Å². The fraction of sp³-hybridized carbons (Fsp3) is 0.263. The summed E-state index contributed by atoms with van der Waals surface area (Å²) in [4.78, 5) is 29.0. The van der Waals surface area contributed by atoms with Crippen LogP contribution in [0.1, 0.15) is 12.6 Å². The van der Waals surface area contributed by atoms with E-state index < -0.39 is 18.0 Å². The molecule has 0 radical (unpaired) electrons. The zero-order chi connectivity index (χ0) is 20.4. The first-order valence-electron chi connectivity index (χ1n) is 8.94. The summed E-state index contributed by atoms with van der Waals surface area (Å²) in [6.45, 7) is 2.36. The molecule has 2 amide bonds. The van der Waals surface area contributed by atoms with Crippen LogP contribution in [0.25, 0.3) is 10.6 Å². The van der Waals surface area contributed by atoms with Crippen molar-refractivity contribution in [1.29, 1.82) is 0 Å². The molecule has 0 aliphatic carbocycles. The topological polar surface area (TPSA) is 89.4 Å². The van der Waals surface area contributed by atoms with Gasteiger partial charge in [0.25, 0.3) is 0 Å². The van der Waals surface area contributed by atoms with Crippen LogP contribution in [0.5, 0.6) is 0 Å². The molecule has 3 heterocycles. The van der Waals surface area contributed by atoms with Gasteiger partial charge in [-0.2, -0.15) is 5.10 Å². The quantitative estimate of drug-likeness (QED) is 0.669. The third-order valence-electron chi connectivity index (χ3n) is 4.38. The molecule has 1 saturated heterocycles. The van der Waals surface area contributed by atoms with Crippen LogP contribution < -0.4 is 10.2 Å². The van der Waals surface area contributed by atoms with Gasteiger partial charge in [-0.1, -0.05) is 0 Å². The molecule has 3 aromatic rings. The average molecular weight is 415 g/mol. The van der Waals surface area contributed by atoms with Crippen molar-refractivity contribution < 1.29 is 18.7 Å². The molecule has 0 unspecified atom stereocenters. The number of aromatic nitrogens is 3. The van der Waals surface area contributed by atoms with E-state index >= 15 is 0 Å². The standard InChI is InChI=1S/C19H18FN5O3S/c1-12(26)21-8-15-10-25(19(27)28-15)14-3-4-16(17(20)7-14)18-23-13(11-29-18)9-24-6-2-5-22-24/h2-7,11,15H,8-10H2,1H3,(H,21,26)/t15-/m0/s1. The number of nitrogens with one attached hydrogen (secondary N) is 1. The van der Waals surface area contributed by atoms with Gasteiger partial charge in [0.05, 0.1) is 31.0 Å². The molecule has 1 aliphatic rings. The molecular formula is C19H18FN5O3S. The third kappa shape index (κ3) is 4.27. The molecule has 29 heavy (non-hydrogen) atoms. The van der Waals surface area contributed by atoms with Crippen molar-refractivity contribution in [2.45, 2.75) is 19.6 Å². The minimum Gasteiger partial charge on any atom is -0.442 e. The van der Waals surface area contributed by atoms with Gasteiger partial charge >= 0.3 is 6.09 Å². The van der Waals surface area contributed by atoms with E-state index in [-0.39, 0.29) is 19.0 Å². The molecular weight excluding hydrogens is 397 g/mol. The highest BCUT2D eigenvalue weighted by molar-refractivity contribution is 7.13. The molecule has 4 rings (SSSR count). The van der Waals surface area contributed by atoms with Crippen molar-refractivity contribution in [2.24, 2.45) is 0 Å². The Balaban J connectivity index is 1.48. The number of thiazole rings is 1. The van der Waals surface area contributed by atoms with Crippen molar-refractivity contribution in [3.63, 3.8) is 0 Å². The number of ether oxygens (including phenoxy) is 1. The molecule has 1 N–H and O–H groups in total. The number of nitrogens with zero attached hydrogens (tertiary/aromatic N) is 4. The van der Waals surface area contributed by atoms with Gasteiger partial charge in [0.1, 0.15) is 16.9 Å². The van der Waals surface area contributed by atoms with Crippen LogP contribution in [-0.4, -0.2) is 46.0 Å². The fourth-order valence-corrected chi connectivity index (χ4v) is 3.84. The summed E-state index contributed by atoms with van der Waals surface area (Å²) in [5, 5.41) is 9.18. The maximum absolute atomic E-state index is 14.8. The van der Waals surface area contributed by atoms with E-state index in [1.54, 1.807) is 23.0 Å². The highest BCUT2D eigenvalue weighted by Crippen LogP contribution is 2.31. The number of carbonyl (C=O) groups excluding carboxylic acids is 2. The molecule has 1 atom stereocenters. The minimum absolute atomic E-state index is 0.203. The SMILES string of the molecule is CC(=O)NC[C@H]1CN(c2ccc(-c3nc(Cn4cccn4)cs3)c(F)c2)C(=O)O1. The smallest absolute Gasteiger partial charge is 0.414 e. The van der Waals surface area contributed by atoms with Crippen LogP contribution in [0, 0.1) is 5.82 Å².